The molecule has 1 aromatic rings. The normalized spacial score (nSPS) is 10.2. The minimum Gasteiger partial charge on any atom is -0.383 e. The molecule has 0 fully saturated rings. The molecule has 0 radical (unpaired) electrons. The van der Waals surface area contributed by atoms with E-state index in [1.807, 2.05) is 30.3 Å². The van der Waals surface area contributed by atoms with Gasteiger partial charge in [0, 0.05) is 13.7 Å². The number of carbonyl (C=O) groups excluding carboxylic acids is 1. The minimum absolute atomic E-state index is 0.197. The van der Waals surface area contributed by atoms with Crippen LogP contribution >= 0.6 is 0 Å². The number of hydroxylamine groups is 1. The lowest BCUT2D eigenvalue weighted by molar-refractivity contribution is -0.133. The van der Waals surface area contributed by atoms with Gasteiger partial charge in [-0.3, -0.25) is 9.63 Å². The topological polar surface area (TPSA) is 59.6 Å². The van der Waals surface area contributed by atoms with Crippen LogP contribution in [-0.4, -0.2) is 32.7 Å². The summed E-state index contributed by atoms with van der Waals surface area (Å²) in [5.41, 5.74) is 3.38. The van der Waals surface area contributed by atoms with Gasteiger partial charge < -0.3 is 10.1 Å². The van der Waals surface area contributed by atoms with Crippen molar-refractivity contribution in [3.8, 4) is 0 Å². The van der Waals surface area contributed by atoms with Gasteiger partial charge in [-0.15, -0.1) is 0 Å². The van der Waals surface area contributed by atoms with E-state index in [1.165, 1.54) is 0 Å². The summed E-state index contributed by atoms with van der Waals surface area (Å²) in [5.74, 6) is -0.197. The summed E-state index contributed by atoms with van der Waals surface area (Å²) in [6, 6.07) is 9.65. The average molecular weight is 238 g/mol. The third-order valence-electron chi connectivity index (χ3n) is 2.04. The second-order valence-electron chi connectivity index (χ2n) is 3.47. The molecular formula is C12H18N2O3. The van der Waals surface area contributed by atoms with Gasteiger partial charge in [-0.1, -0.05) is 30.3 Å². The Hall–Kier alpha value is -1.43. The van der Waals surface area contributed by atoms with Gasteiger partial charge in [-0.05, 0) is 5.56 Å². The van der Waals surface area contributed by atoms with Crippen molar-refractivity contribution in [3.63, 3.8) is 0 Å². The fraction of sp³-hybridized carbons (Fsp3) is 0.417. The van der Waals surface area contributed by atoms with E-state index in [0.717, 1.165) is 5.56 Å². The molecule has 0 aliphatic carbocycles. The first-order chi connectivity index (χ1) is 8.33. The zero-order valence-corrected chi connectivity index (χ0v) is 9.94. The Bertz CT molecular complexity index is 317. The van der Waals surface area contributed by atoms with Gasteiger partial charge in [0.25, 0.3) is 5.91 Å². The molecule has 0 unspecified atom stereocenters. The van der Waals surface area contributed by atoms with Gasteiger partial charge in [-0.2, -0.15) is 0 Å². The highest BCUT2D eigenvalue weighted by Crippen LogP contribution is 1.98. The first kappa shape index (κ1) is 13.6. The Labute approximate surface area is 101 Å². The van der Waals surface area contributed by atoms with Gasteiger partial charge in [-0.25, -0.2) is 5.48 Å². The van der Waals surface area contributed by atoms with E-state index in [0.29, 0.717) is 19.8 Å². The van der Waals surface area contributed by atoms with Crippen LogP contribution in [0.5, 0.6) is 0 Å². The van der Waals surface area contributed by atoms with Crippen molar-refractivity contribution in [2.45, 2.75) is 6.61 Å². The van der Waals surface area contributed by atoms with Gasteiger partial charge in [0.05, 0.1) is 19.8 Å². The maximum absolute atomic E-state index is 11.3. The number of benzene rings is 1. The summed E-state index contributed by atoms with van der Waals surface area (Å²) in [6.45, 7) is 1.81. The number of hydrogen-bond acceptors (Lipinski definition) is 4. The first-order valence-corrected chi connectivity index (χ1v) is 5.47. The molecule has 0 saturated carbocycles. The van der Waals surface area contributed by atoms with Crippen molar-refractivity contribution in [3.05, 3.63) is 35.9 Å². The summed E-state index contributed by atoms with van der Waals surface area (Å²) in [5, 5.41) is 2.92. The molecule has 0 heterocycles. The fourth-order valence-corrected chi connectivity index (χ4v) is 1.19. The average Bonchev–Trinajstić information content (AvgIpc) is 2.36. The molecule has 1 aromatic carbocycles. The van der Waals surface area contributed by atoms with Gasteiger partial charge in [0.15, 0.2) is 0 Å². The van der Waals surface area contributed by atoms with Crippen LogP contribution in [0.1, 0.15) is 5.56 Å². The van der Waals surface area contributed by atoms with Crippen LogP contribution in [0.15, 0.2) is 30.3 Å². The first-order valence-electron chi connectivity index (χ1n) is 5.47. The molecule has 0 bridgehead atoms. The molecule has 0 saturated heterocycles. The number of methoxy groups -OCH3 is 1. The highest BCUT2D eigenvalue weighted by atomic mass is 16.6. The Kier molecular flexibility index (Phi) is 6.97. The van der Waals surface area contributed by atoms with Gasteiger partial charge in [0.1, 0.15) is 0 Å². The monoisotopic (exact) mass is 238 g/mol. The molecule has 0 aliphatic heterocycles. The zero-order valence-electron chi connectivity index (χ0n) is 9.94. The van der Waals surface area contributed by atoms with Crippen molar-refractivity contribution in [1.29, 1.82) is 0 Å². The van der Waals surface area contributed by atoms with E-state index in [1.54, 1.807) is 7.11 Å². The molecule has 2 N–H and O–H groups in total. The van der Waals surface area contributed by atoms with Crippen LogP contribution in [0.3, 0.4) is 0 Å². The number of ether oxygens (including phenoxy) is 1. The molecule has 0 aromatic heterocycles. The molecule has 5 nitrogen and oxygen atoms in total. The third-order valence-corrected chi connectivity index (χ3v) is 2.04. The summed E-state index contributed by atoms with van der Waals surface area (Å²) in [6.07, 6.45) is 0. The number of hydrogen-bond donors (Lipinski definition) is 2. The predicted molar refractivity (Wildman–Crippen MR) is 64.1 cm³/mol. The molecule has 17 heavy (non-hydrogen) atoms. The van der Waals surface area contributed by atoms with Gasteiger partial charge >= 0.3 is 0 Å². The van der Waals surface area contributed by atoms with Crippen LogP contribution in [-0.2, 0) is 21.0 Å². The van der Waals surface area contributed by atoms with Gasteiger partial charge in [0.2, 0.25) is 0 Å². The van der Waals surface area contributed by atoms with Crippen LogP contribution in [0.4, 0.5) is 0 Å². The number of carbonyl (C=O) groups is 1. The highest BCUT2D eigenvalue weighted by Gasteiger charge is 1.99. The maximum Gasteiger partial charge on any atom is 0.257 e. The molecular weight excluding hydrogens is 220 g/mol. The summed E-state index contributed by atoms with van der Waals surface area (Å²) in [7, 11) is 1.62. The lowest BCUT2D eigenvalue weighted by Gasteiger charge is -2.06. The van der Waals surface area contributed by atoms with Crippen molar-refractivity contribution in [2.75, 3.05) is 26.8 Å². The smallest absolute Gasteiger partial charge is 0.257 e. The molecule has 0 atom stereocenters. The second-order valence-corrected chi connectivity index (χ2v) is 3.47. The third kappa shape index (κ3) is 6.68. The zero-order chi connectivity index (χ0) is 12.3. The largest absolute Gasteiger partial charge is 0.383 e. The van der Waals surface area contributed by atoms with Crippen LogP contribution in [0, 0.1) is 0 Å². The quantitative estimate of drug-likeness (QED) is 0.510. The van der Waals surface area contributed by atoms with E-state index in [9.17, 15) is 4.79 Å². The van der Waals surface area contributed by atoms with Crippen LogP contribution < -0.4 is 10.8 Å². The summed E-state index contributed by atoms with van der Waals surface area (Å²) in [4.78, 5) is 16.3. The predicted octanol–water partition coefficient (Wildman–Crippen LogP) is 0.470. The lowest BCUT2D eigenvalue weighted by Crippen LogP contribution is -2.35. The minimum atomic E-state index is -0.197. The second kappa shape index (κ2) is 8.69. The van der Waals surface area contributed by atoms with E-state index < -0.39 is 0 Å². The van der Waals surface area contributed by atoms with Crippen LogP contribution in [0.2, 0.25) is 0 Å². The van der Waals surface area contributed by atoms with E-state index >= 15 is 0 Å². The molecule has 1 rings (SSSR count). The Morgan fingerprint density at radius 2 is 2.06 bits per heavy atom. The summed E-state index contributed by atoms with van der Waals surface area (Å²) >= 11 is 0. The van der Waals surface area contributed by atoms with Crippen molar-refractivity contribution < 1.29 is 14.4 Å². The standard InChI is InChI=1S/C12H18N2O3/c1-16-8-7-13-9-12(15)14-17-10-11-5-3-2-4-6-11/h2-6,13H,7-10H2,1H3,(H,14,15). The Morgan fingerprint density at radius 3 is 2.76 bits per heavy atom. The lowest BCUT2D eigenvalue weighted by atomic mass is 10.2. The SMILES string of the molecule is COCCNCC(=O)NOCc1ccccc1. The number of rotatable bonds is 8. The molecule has 5 heteroatoms. The van der Waals surface area contributed by atoms with E-state index in [-0.39, 0.29) is 12.5 Å². The van der Waals surface area contributed by atoms with Crippen molar-refractivity contribution in [1.82, 2.24) is 10.8 Å². The Balaban J connectivity index is 2.04. The van der Waals surface area contributed by atoms with E-state index in [4.69, 9.17) is 9.57 Å². The van der Waals surface area contributed by atoms with Crippen molar-refractivity contribution >= 4 is 5.91 Å². The number of amides is 1. The van der Waals surface area contributed by atoms with E-state index in [2.05, 4.69) is 10.8 Å². The fourth-order valence-electron chi connectivity index (χ4n) is 1.19. The number of nitrogens with one attached hydrogen (secondary N) is 2. The maximum atomic E-state index is 11.3. The molecule has 94 valence electrons. The highest BCUT2D eigenvalue weighted by molar-refractivity contribution is 5.76. The summed E-state index contributed by atoms with van der Waals surface area (Å²) < 4.78 is 4.84. The Morgan fingerprint density at radius 1 is 1.29 bits per heavy atom. The molecule has 0 aliphatic rings. The van der Waals surface area contributed by atoms with Crippen LogP contribution in [0.25, 0.3) is 0 Å². The molecule has 1 amide bonds. The van der Waals surface area contributed by atoms with Crippen molar-refractivity contribution in [2.24, 2.45) is 0 Å². The molecule has 0 spiro atoms.